The van der Waals surface area contributed by atoms with Crippen molar-refractivity contribution >= 4 is 0 Å². The third-order valence-corrected chi connectivity index (χ3v) is 4.05. The predicted octanol–water partition coefficient (Wildman–Crippen LogP) is 3.15. The van der Waals surface area contributed by atoms with Gasteiger partial charge in [0.05, 0.1) is 0 Å². The zero-order valence-electron chi connectivity index (χ0n) is 9.59. The van der Waals surface area contributed by atoms with E-state index in [4.69, 9.17) is 0 Å². The van der Waals surface area contributed by atoms with E-state index in [9.17, 15) is 0 Å². The molecule has 0 aliphatic heterocycles. The first-order valence-corrected chi connectivity index (χ1v) is 6.07. The Labute approximate surface area is 91.9 Å². The molecule has 0 bridgehead atoms. The lowest BCUT2D eigenvalue weighted by atomic mass is 9.96. The first-order valence-electron chi connectivity index (χ1n) is 6.07. The standard InChI is InChI=1S/C14H19N/c1-9-3-6-11-12(10-4-5-10)8-14(15-2)13(11)7-9/h3,6-7,10,12,14-15H,4-5,8H2,1-2H3. The lowest BCUT2D eigenvalue weighted by molar-refractivity contribution is 0.502. The normalized spacial score (nSPS) is 29.2. The first-order chi connectivity index (χ1) is 7.29. The number of hydrogen-bond acceptors (Lipinski definition) is 1. The lowest BCUT2D eigenvalue weighted by Gasteiger charge is -2.10. The molecule has 1 N–H and O–H groups in total. The maximum absolute atomic E-state index is 3.46. The second-order valence-corrected chi connectivity index (χ2v) is 5.15. The van der Waals surface area contributed by atoms with Crippen LogP contribution in [0.25, 0.3) is 0 Å². The second kappa shape index (κ2) is 3.34. The maximum Gasteiger partial charge on any atom is 0.0326 e. The Morgan fingerprint density at radius 1 is 1.20 bits per heavy atom. The van der Waals surface area contributed by atoms with Crippen LogP contribution >= 0.6 is 0 Å². The van der Waals surface area contributed by atoms with E-state index in [1.165, 1.54) is 24.8 Å². The summed E-state index contributed by atoms with van der Waals surface area (Å²) in [7, 11) is 2.09. The van der Waals surface area contributed by atoms with E-state index >= 15 is 0 Å². The average molecular weight is 201 g/mol. The van der Waals surface area contributed by atoms with Crippen molar-refractivity contribution in [2.45, 2.75) is 38.1 Å². The van der Waals surface area contributed by atoms with Gasteiger partial charge in [-0.3, -0.25) is 0 Å². The molecule has 0 amide bonds. The van der Waals surface area contributed by atoms with Gasteiger partial charge in [-0.1, -0.05) is 23.8 Å². The fourth-order valence-electron chi connectivity index (χ4n) is 3.06. The van der Waals surface area contributed by atoms with E-state index in [0.29, 0.717) is 6.04 Å². The van der Waals surface area contributed by atoms with E-state index in [1.807, 2.05) is 0 Å². The molecule has 1 saturated carbocycles. The van der Waals surface area contributed by atoms with Crippen molar-refractivity contribution < 1.29 is 0 Å². The number of aryl methyl sites for hydroxylation is 1. The van der Waals surface area contributed by atoms with Gasteiger partial charge in [-0.2, -0.15) is 0 Å². The molecule has 1 heteroatoms. The molecule has 1 aromatic carbocycles. The summed E-state index contributed by atoms with van der Waals surface area (Å²) < 4.78 is 0. The number of hydrogen-bond donors (Lipinski definition) is 1. The fourth-order valence-corrected chi connectivity index (χ4v) is 3.06. The van der Waals surface area contributed by atoms with Crippen molar-refractivity contribution in [1.29, 1.82) is 0 Å². The van der Waals surface area contributed by atoms with Crippen molar-refractivity contribution in [2.75, 3.05) is 7.05 Å². The van der Waals surface area contributed by atoms with Crippen LogP contribution in [0.2, 0.25) is 0 Å². The Bertz CT molecular complexity index is 379. The Balaban J connectivity index is 2.02. The smallest absolute Gasteiger partial charge is 0.0326 e. The molecule has 0 aromatic heterocycles. The monoisotopic (exact) mass is 201 g/mol. The Hall–Kier alpha value is -0.820. The van der Waals surface area contributed by atoms with Crippen LogP contribution in [0.1, 0.15) is 47.9 Å². The van der Waals surface area contributed by atoms with Gasteiger partial charge in [-0.25, -0.2) is 0 Å². The highest BCUT2D eigenvalue weighted by Gasteiger charge is 2.39. The SMILES string of the molecule is CNC1CC(C2CC2)c2ccc(C)cc21. The minimum Gasteiger partial charge on any atom is -0.313 e. The number of benzene rings is 1. The molecule has 2 atom stereocenters. The third kappa shape index (κ3) is 1.50. The largest absolute Gasteiger partial charge is 0.313 e. The third-order valence-electron chi connectivity index (χ3n) is 4.05. The summed E-state index contributed by atoms with van der Waals surface area (Å²) in [4.78, 5) is 0. The van der Waals surface area contributed by atoms with Crippen molar-refractivity contribution in [3.63, 3.8) is 0 Å². The van der Waals surface area contributed by atoms with E-state index in [0.717, 1.165) is 11.8 Å². The maximum atomic E-state index is 3.46. The zero-order chi connectivity index (χ0) is 10.4. The summed E-state index contributed by atoms with van der Waals surface area (Å²) >= 11 is 0. The van der Waals surface area contributed by atoms with Crippen LogP contribution in [-0.4, -0.2) is 7.05 Å². The van der Waals surface area contributed by atoms with Gasteiger partial charge in [-0.05, 0) is 56.2 Å². The Kier molecular flexibility index (Phi) is 2.10. The van der Waals surface area contributed by atoms with E-state index in [-0.39, 0.29) is 0 Å². The van der Waals surface area contributed by atoms with Gasteiger partial charge >= 0.3 is 0 Å². The number of nitrogens with one attached hydrogen (secondary N) is 1. The fraction of sp³-hybridized carbons (Fsp3) is 0.571. The average Bonchev–Trinajstić information content (AvgIpc) is 3.01. The van der Waals surface area contributed by atoms with Crippen LogP contribution < -0.4 is 5.32 Å². The number of fused-ring (bicyclic) bond motifs is 1. The highest BCUT2D eigenvalue weighted by atomic mass is 14.9. The Morgan fingerprint density at radius 3 is 2.67 bits per heavy atom. The molecule has 2 aliphatic rings. The zero-order valence-corrected chi connectivity index (χ0v) is 9.59. The molecular weight excluding hydrogens is 182 g/mol. The van der Waals surface area contributed by atoms with Gasteiger partial charge in [0.15, 0.2) is 0 Å². The molecule has 2 unspecified atom stereocenters. The molecule has 1 fully saturated rings. The predicted molar refractivity (Wildman–Crippen MR) is 63.1 cm³/mol. The van der Waals surface area contributed by atoms with Gasteiger partial charge in [0.1, 0.15) is 0 Å². The highest BCUT2D eigenvalue weighted by Crippen LogP contribution is 2.52. The van der Waals surface area contributed by atoms with Gasteiger partial charge in [0.25, 0.3) is 0 Å². The van der Waals surface area contributed by atoms with E-state index in [2.05, 4.69) is 37.5 Å². The quantitative estimate of drug-likeness (QED) is 0.775. The summed E-state index contributed by atoms with van der Waals surface area (Å²) in [5, 5.41) is 3.46. The molecule has 1 nitrogen and oxygen atoms in total. The van der Waals surface area contributed by atoms with Crippen molar-refractivity contribution in [3.05, 3.63) is 34.9 Å². The molecule has 0 spiro atoms. The van der Waals surface area contributed by atoms with Gasteiger partial charge in [0, 0.05) is 6.04 Å². The van der Waals surface area contributed by atoms with Crippen LogP contribution in [0.4, 0.5) is 0 Å². The molecule has 80 valence electrons. The van der Waals surface area contributed by atoms with Gasteiger partial charge < -0.3 is 5.32 Å². The summed E-state index contributed by atoms with van der Waals surface area (Å²) in [5.41, 5.74) is 4.59. The summed E-state index contributed by atoms with van der Waals surface area (Å²) in [6.45, 7) is 2.19. The second-order valence-electron chi connectivity index (χ2n) is 5.15. The van der Waals surface area contributed by atoms with Crippen LogP contribution in [-0.2, 0) is 0 Å². The molecule has 2 aliphatic carbocycles. The number of rotatable bonds is 2. The molecule has 15 heavy (non-hydrogen) atoms. The minimum absolute atomic E-state index is 0.602. The van der Waals surface area contributed by atoms with E-state index < -0.39 is 0 Å². The molecule has 1 aromatic rings. The summed E-state index contributed by atoms with van der Waals surface area (Å²) in [6, 6.07) is 7.61. The van der Waals surface area contributed by atoms with Crippen LogP contribution in [0, 0.1) is 12.8 Å². The van der Waals surface area contributed by atoms with Crippen molar-refractivity contribution in [3.8, 4) is 0 Å². The first kappa shape index (κ1) is 9.41. The van der Waals surface area contributed by atoms with Crippen molar-refractivity contribution in [1.82, 2.24) is 5.32 Å². The molecule has 0 radical (unpaired) electrons. The molecule has 3 rings (SSSR count). The van der Waals surface area contributed by atoms with E-state index in [1.54, 1.807) is 11.1 Å². The highest BCUT2D eigenvalue weighted by molar-refractivity contribution is 5.41. The lowest BCUT2D eigenvalue weighted by Crippen LogP contribution is -2.13. The van der Waals surface area contributed by atoms with Crippen molar-refractivity contribution in [2.24, 2.45) is 5.92 Å². The van der Waals surface area contributed by atoms with Crippen LogP contribution in [0.5, 0.6) is 0 Å². The summed E-state index contributed by atoms with van der Waals surface area (Å²) in [6.07, 6.45) is 4.22. The van der Waals surface area contributed by atoms with Crippen LogP contribution in [0.3, 0.4) is 0 Å². The molecule has 0 heterocycles. The molecular formula is C14H19N. The van der Waals surface area contributed by atoms with Crippen LogP contribution in [0.15, 0.2) is 18.2 Å². The summed E-state index contributed by atoms with van der Waals surface area (Å²) in [5.74, 6) is 1.84. The van der Waals surface area contributed by atoms with Gasteiger partial charge in [-0.15, -0.1) is 0 Å². The Morgan fingerprint density at radius 2 is 2.00 bits per heavy atom. The van der Waals surface area contributed by atoms with Gasteiger partial charge in [0.2, 0.25) is 0 Å². The minimum atomic E-state index is 0.602. The topological polar surface area (TPSA) is 12.0 Å². The molecule has 0 saturated heterocycles.